The summed E-state index contributed by atoms with van der Waals surface area (Å²) in [6.45, 7) is 2.02. The first-order valence-electron chi connectivity index (χ1n) is 3.24. The predicted molar refractivity (Wildman–Crippen MR) is 50.4 cm³/mol. The predicted octanol–water partition coefficient (Wildman–Crippen LogP) is 1.09. The van der Waals surface area contributed by atoms with Crippen molar-refractivity contribution in [3.63, 3.8) is 0 Å². The monoisotopic (exact) mass is 215 g/mol. The van der Waals surface area contributed by atoms with E-state index >= 15 is 0 Å². The lowest BCUT2D eigenvalue weighted by Gasteiger charge is -2.08. The third-order valence-electron chi connectivity index (χ3n) is 1.33. The van der Waals surface area contributed by atoms with Gasteiger partial charge >= 0.3 is 0 Å². The zero-order valence-electron chi connectivity index (χ0n) is 6.21. The molecule has 1 unspecified atom stereocenters. The summed E-state index contributed by atoms with van der Waals surface area (Å²) in [7, 11) is 0. The summed E-state index contributed by atoms with van der Waals surface area (Å²) in [5, 5.41) is 0. The van der Waals surface area contributed by atoms with Crippen molar-refractivity contribution >= 4 is 21.8 Å². The van der Waals surface area contributed by atoms with Gasteiger partial charge in [0.15, 0.2) is 0 Å². The van der Waals surface area contributed by atoms with Gasteiger partial charge in [-0.2, -0.15) is 0 Å². The third-order valence-corrected chi connectivity index (χ3v) is 1.86. The standard InChI is InChI=1S/C7H10BrN3/c1-7(8)3-2-6(11-9)10-5-4-7/h2-5H,9H2,1H3,(H,10,11). The second kappa shape index (κ2) is 3.19. The van der Waals surface area contributed by atoms with Crippen LogP contribution in [0.1, 0.15) is 6.92 Å². The lowest BCUT2D eigenvalue weighted by molar-refractivity contribution is 1.03. The summed E-state index contributed by atoms with van der Waals surface area (Å²) < 4.78 is -0.116. The van der Waals surface area contributed by atoms with Crippen molar-refractivity contribution in [2.75, 3.05) is 0 Å². The Labute approximate surface area is 74.2 Å². The highest BCUT2D eigenvalue weighted by molar-refractivity contribution is 9.10. The molecule has 0 radical (unpaired) electrons. The zero-order valence-corrected chi connectivity index (χ0v) is 7.80. The number of amidine groups is 1. The number of nitrogens with zero attached hydrogens (tertiary/aromatic N) is 1. The maximum absolute atomic E-state index is 5.18. The number of nitrogens with two attached hydrogens (primary N) is 1. The van der Waals surface area contributed by atoms with E-state index in [1.54, 1.807) is 6.20 Å². The summed E-state index contributed by atoms with van der Waals surface area (Å²) in [6, 6.07) is 0. The number of halogens is 1. The highest BCUT2D eigenvalue weighted by Gasteiger charge is 2.12. The molecule has 3 N–H and O–H groups in total. The van der Waals surface area contributed by atoms with Gasteiger partial charge in [0.05, 0.1) is 4.32 Å². The molecule has 0 saturated heterocycles. The van der Waals surface area contributed by atoms with Crippen LogP contribution >= 0.6 is 15.9 Å². The van der Waals surface area contributed by atoms with Crippen LogP contribution in [-0.4, -0.2) is 10.2 Å². The molecule has 11 heavy (non-hydrogen) atoms. The van der Waals surface area contributed by atoms with Gasteiger partial charge in [-0.3, -0.25) is 0 Å². The molecular formula is C7H10BrN3. The van der Waals surface area contributed by atoms with E-state index in [2.05, 4.69) is 26.3 Å². The van der Waals surface area contributed by atoms with E-state index in [1.807, 2.05) is 25.2 Å². The van der Waals surface area contributed by atoms with E-state index in [0.717, 1.165) is 0 Å². The number of alkyl halides is 1. The fraction of sp³-hybridized carbons (Fsp3) is 0.286. The number of hydrazine groups is 1. The molecule has 0 aromatic carbocycles. The van der Waals surface area contributed by atoms with Gasteiger partial charge in [-0.05, 0) is 19.1 Å². The largest absolute Gasteiger partial charge is 0.308 e. The number of hydrogen-bond donors (Lipinski definition) is 2. The normalized spacial score (nSPS) is 29.5. The quantitative estimate of drug-likeness (QED) is 0.361. The maximum Gasteiger partial charge on any atom is 0.139 e. The van der Waals surface area contributed by atoms with Crippen LogP contribution in [0.3, 0.4) is 0 Å². The molecule has 0 aliphatic carbocycles. The van der Waals surface area contributed by atoms with Gasteiger partial charge in [0.2, 0.25) is 0 Å². The van der Waals surface area contributed by atoms with Crippen molar-refractivity contribution < 1.29 is 0 Å². The summed E-state index contributed by atoms with van der Waals surface area (Å²) in [5.41, 5.74) is 2.47. The average Bonchev–Trinajstić information content (AvgIpc) is 2.10. The molecule has 1 aliphatic heterocycles. The van der Waals surface area contributed by atoms with Crippen molar-refractivity contribution in [3.05, 3.63) is 24.4 Å². The number of hydrogen-bond acceptors (Lipinski definition) is 3. The second-order valence-corrected chi connectivity index (χ2v) is 4.17. The van der Waals surface area contributed by atoms with Crippen LogP contribution in [0.5, 0.6) is 0 Å². The van der Waals surface area contributed by atoms with Gasteiger partial charge in [0.1, 0.15) is 5.84 Å². The molecule has 0 amide bonds. The fourth-order valence-corrected chi connectivity index (χ4v) is 0.940. The first-order chi connectivity index (χ1) is 5.14. The Morgan fingerprint density at radius 1 is 1.64 bits per heavy atom. The van der Waals surface area contributed by atoms with Crippen molar-refractivity contribution in [2.24, 2.45) is 10.8 Å². The van der Waals surface area contributed by atoms with Gasteiger partial charge in [0.25, 0.3) is 0 Å². The van der Waals surface area contributed by atoms with Crippen LogP contribution in [0.25, 0.3) is 0 Å². The van der Waals surface area contributed by atoms with Gasteiger partial charge in [-0.1, -0.05) is 22.0 Å². The Morgan fingerprint density at radius 3 is 3.00 bits per heavy atom. The minimum absolute atomic E-state index is 0.116. The summed E-state index contributed by atoms with van der Waals surface area (Å²) in [6.07, 6.45) is 7.45. The van der Waals surface area contributed by atoms with E-state index < -0.39 is 0 Å². The molecule has 1 heterocycles. The van der Waals surface area contributed by atoms with Crippen LogP contribution in [0.4, 0.5) is 0 Å². The summed E-state index contributed by atoms with van der Waals surface area (Å²) in [5.74, 6) is 5.84. The number of nitrogens with one attached hydrogen (secondary N) is 1. The lowest BCUT2D eigenvalue weighted by atomic mass is 10.1. The smallest absolute Gasteiger partial charge is 0.139 e. The highest BCUT2D eigenvalue weighted by atomic mass is 79.9. The second-order valence-electron chi connectivity index (χ2n) is 2.46. The summed E-state index contributed by atoms with van der Waals surface area (Å²) in [4.78, 5) is 4.02. The molecule has 0 spiro atoms. The van der Waals surface area contributed by atoms with Crippen LogP contribution < -0.4 is 11.3 Å². The van der Waals surface area contributed by atoms with Gasteiger partial charge < -0.3 is 5.43 Å². The Morgan fingerprint density at radius 2 is 2.36 bits per heavy atom. The van der Waals surface area contributed by atoms with Crippen LogP contribution in [0, 0.1) is 0 Å². The van der Waals surface area contributed by atoms with Crippen LogP contribution in [0.15, 0.2) is 29.4 Å². The molecule has 0 fully saturated rings. The lowest BCUT2D eigenvalue weighted by Crippen LogP contribution is -2.28. The van der Waals surface area contributed by atoms with Gasteiger partial charge in [-0.15, -0.1) is 0 Å². The molecule has 4 heteroatoms. The van der Waals surface area contributed by atoms with E-state index in [-0.39, 0.29) is 4.32 Å². The van der Waals surface area contributed by atoms with E-state index in [9.17, 15) is 0 Å². The minimum atomic E-state index is -0.116. The molecule has 60 valence electrons. The third kappa shape index (κ3) is 2.48. The van der Waals surface area contributed by atoms with Crippen molar-refractivity contribution in [1.29, 1.82) is 0 Å². The Hall–Kier alpha value is -0.610. The molecule has 0 saturated carbocycles. The molecule has 1 aliphatic rings. The molecular weight excluding hydrogens is 206 g/mol. The molecule has 3 nitrogen and oxygen atoms in total. The number of allylic oxidation sites excluding steroid dienone is 2. The number of aliphatic imine (C=N–C) groups is 1. The molecule has 0 bridgehead atoms. The molecule has 0 aromatic heterocycles. The van der Waals surface area contributed by atoms with Crippen molar-refractivity contribution in [1.82, 2.24) is 5.43 Å². The highest BCUT2D eigenvalue weighted by Crippen LogP contribution is 2.21. The Kier molecular flexibility index (Phi) is 2.46. The summed E-state index contributed by atoms with van der Waals surface area (Å²) >= 11 is 3.48. The first-order valence-corrected chi connectivity index (χ1v) is 4.04. The van der Waals surface area contributed by atoms with Crippen molar-refractivity contribution in [2.45, 2.75) is 11.2 Å². The Bertz CT molecular complexity index is 228. The van der Waals surface area contributed by atoms with Crippen LogP contribution in [0.2, 0.25) is 0 Å². The topological polar surface area (TPSA) is 50.4 Å². The number of rotatable bonds is 0. The van der Waals surface area contributed by atoms with Gasteiger partial charge in [0, 0.05) is 6.20 Å². The van der Waals surface area contributed by atoms with E-state index in [1.165, 1.54) is 0 Å². The van der Waals surface area contributed by atoms with Gasteiger partial charge in [-0.25, -0.2) is 10.8 Å². The van der Waals surface area contributed by atoms with E-state index in [4.69, 9.17) is 5.84 Å². The zero-order chi connectivity index (χ0) is 8.32. The minimum Gasteiger partial charge on any atom is -0.308 e. The molecule has 1 rings (SSSR count). The fourth-order valence-electron chi connectivity index (χ4n) is 0.689. The maximum atomic E-state index is 5.18. The molecule has 0 aromatic rings. The molecule has 1 atom stereocenters. The van der Waals surface area contributed by atoms with E-state index in [0.29, 0.717) is 5.84 Å². The SMILES string of the molecule is CC1(Br)C=CN=C(NN)C=C1. The first kappa shape index (κ1) is 8.49. The van der Waals surface area contributed by atoms with Crippen molar-refractivity contribution in [3.8, 4) is 0 Å². The average molecular weight is 216 g/mol. The Balaban J connectivity index is 2.83. The van der Waals surface area contributed by atoms with Crippen LogP contribution in [-0.2, 0) is 0 Å².